The molecule has 10 nitrogen and oxygen atoms in total. The third-order valence-corrected chi connectivity index (χ3v) is 7.26. The molecular weight excluding hydrogens is 418 g/mol. The van der Waals surface area contributed by atoms with Gasteiger partial charge in [0.2, 0.25) is 15.8 Å². The van der Waals surface area contributed by atoms with Crippen molar-refractivity contribution in [2.24, 2.45) is 0 Å². The molecule has 0 atom stereocenters. The molecule has 0 radical (unpaired) electrons. The van der Waals surface area contributed by atoms with Gasteiger partial charge < -0.3 is 20.2 Å². The maximum Gasteiger partial charge on any atom is 0.372 e. The Balaban J connectivity index is 1.54. The summed E-state index contributed by atoms with van der Waals surface area (Å²) in [5, 5.41) is 16.2. The molecule has 0 bridgehead atoms. The minimum atomic E-state index is -3.48. The zero-order chi connectivity index (χ0) is 20.4. The van der Waals surface area contributed by atoms with E-state index in [4.69, 9.17) is 4.74 Å². The van der Waals surface area contributed by atoms with Crippen LogP contribution in [0.5, 0.6) is 0 Å². The fourth-order valence-corrected chi connectivity index (χ4v) is 5.50. The highest BCUT2D eigenvalue weighted by Gasteiger charge is 2.26. The lowest BCUT2D eigenvalue weighted by atomic mass is 10.1. The number of sulfonamides is 1. The van der Waals surface area contributed by atoms with E-state index in [1.807, 2.05) is 6.07 Å². The SMILES string of the molecule is O=[N+]([O-])c1c(NCc2ccccc2CS(=O)(=O)N2CCOCC2)nc2sccn12. The summed E-state index contributed by atoms with van der Waals surface area (Å²) in [6.45, 7) is 1.70. The van der Waals surface area contributed by atoms with Gasteiger partial charge in [-0.3, -0.25) is 0 Å². The van der Waals surface area contributed by atoms with Crippen molar-refractivity contribution in [3.8, 4) is 0 Å². The van der Waals surface area contributed by atoms with Crippen LogP contribution in [0.15, 0.2) is 35.8 Å². The summed E-state index contributed by atoms with van der Waals surface area (Å²) in [5.41, 5.74) is 1.39. The molecule has 0 spiro atoms. The highest BCUT2D eigenvalue weighted by atomic mass is 32.2. The van der Waals surface area contributed by atoms with Crippen LogP contribution in [-0.2, 0) is 27.1 Å². The lowest BCUT2D eigenvalue weighted by Crippen LogP contribution is -2.41. The van der Waals surface area contributed by atoms with Gasteiger partial charge in [-0.25, -0.2) is 8.42 Å². The molecule has 1 saturated heterocycles. The van der Waals surface area contributed by atoms with Crippen molar-refractivity contribution in [1.82, 2.24) is 13.7 Å². The average Bonchev–Trinajstić information content (AvgIpc) is 3.28. The quantitative estimate of drug-likeness (QED) is 0.444. The van der Waals surface area contributed by atoms with E-state index in [1.165, 1.54) is 20.0 Å². The number of benzene rings is 1. The van der Waals surface area contributed by atoms with Gasteiger partial charge in [0, 0.05) is 25.0 Å². The Morgan fingerprint density at radius 2 is 1.97 bits per heavy atom. The average molecular weight is 438 g/mol. The number of nitrogens with zero attached hydrogens (tertiary/aromatic N) is 4. The fourth-order valence-electron chi connectivity index (χ4n) is 3.23. The molecule has 0 unspecified atom stereocenters. The third kappa shape index (κ3) is 4.10. The van der Waals surface area contributed by atoms with Crippen molar-refractivity contribution in [2.75, 3.05) is 31.6 Å². The van der Waals surface area contributed by atoms with Gasteiger partial charge in [-0.2, -0.15) is 13.7 Å². The molecule has 2 aromatic heterocycles. The highest BCUT2D eigenvalue weighted by Crippen LogP contribution is 2.28. The van der Waals surface area contributed by atoms with E-state index in [0.717, 1.165) is 5.56 Å². The summed E-state index contributed by atoms with van der Waals surface area (Å²) in [6.07, 6.45) is 1.60. The molecule has 0 saturated carbocycles. The Bertz CT molecular complexity index is 1130. The van der Waals surface area contributed by atoms with E-state index in [0.29, 0.717) is 36.8 Å². The summed E-state index contributed by atoms with van der Waals surface area (Å²) in [6, 6.07) is 7.15. The van der Waals surface area contributed by atoms with E-state index in [9.17, 15) is 18.5 Å². The molecule has 1 aliphatic heterocycles. The van der Waals surface area contributed by atoms with Gasteiger partial charge in [-0.05, 0) is 16.1 Å². The maximum atomic E-state index is 12.8. The fraction of sp³-hybridized carbons (Fsp3) is 0.353. The maximum absolute atomic E-state index is 12.8. The Morgan fingerprint density at radius 1 is 1.24 bits per heavy atom. The van der Waals surface area contributed by atoms with Gasteiger partial charge in [0.25, 0.3) is 4.96 Å². The van der Waals surface area contributed by atoms with Crippen LogP contribution in [0.3, 0.4) is 0 Å². The number of imidazole rings is 1. The number of thiazole rings is 1. The zero-order valence-electron chi connectivity index (χ0n) is 15.4. The number of nitrogens with one attached hydrogen (secondary N) is 1. The Labute approximate surface area is 170 Å². The predicted molar refractivity (Wildman–Crippen MR) is 109 cm³/mol. The number of aromatic nitrogens is 2. The third-order valence-electron chi connectivity index (χ3n) is 4.68. The van der Waals surface area contributed by atoms with Crippen LogP contribution in [0.1, 0.15) is 11.1 Å². The largest absolute Gasteiger partial charge is 0.379 e. The first-order valence-corrected chi connectivity index (χ1v) is 11.4. The molecular formula is C17H19N5O5S2. The van der Waals surface area contributed by atoms with Crippen LogP contribution in [0, 0.1) is 10.1 Å². The molecule has 4 rings (SSSR count). The second kappa shape index (κ2) is 8.06. The first-order valence-electron chi connectivity index (χ1n) is 8.92. The molecule has 1 aliphatic rings. The van der Waals surface area contributed by atoms with E-state index in [1.54, 1.807) is 29.8 Å². The Hall–Kier alpha value is -2.54. The van der Waals surface area contributed by atoms with Gasteiger partial charge >= 0.3 is 5.82 Å². The van der Waals surface area contributed by atoms with Crippen LogP contribution >= 0.6 is 11.3 Å². The van der Waals surface area contributed by atoms with Crippen molar-refractivity contribution < 1.29 is 18.1 Å². The number of anilines is 1. The molecule has 1 N–H and O–H groups in total. The summed E-state index contributed by atoms with van der Waals surface area (Å²) in [7, 11) is -3.48. The molecule has 0 amide bonds. The minimum absolute atomic E-state index is 0.134. The zero-order valence-corrected chi connectivity index (χ0v) is 17.0. The van der Waals surface area contributed by atoms with Crippen molar-refractivity contribution in [1.29, 1.82) is 0 Å². The molecule has 12 heteroatoms. The highest BCUT2D eigenvalue weighted by molar-refractivity contribution is 7.88. The number of hydrogen-bond donors (Lipinski definition) is 1. The first kappa shape index (κ1) is 19.8. The van der Waals surface area contributed by atoms with Crippen LogP contribution < -0.4 is 5.32 Å². The molecule has 3 heterocycles. The van der Waals surface area contributed by atoms with E-state index in [-0.39, 0.29) is 23.9 Å². The number of ether oxygens (including phenoxy) is 1. The van der Waals surface area contributed by atoms with Gasteiger partial charge in [0.15, 0.2) is 0 Å². The predicted octanol–water partition coefficient (Wildman–Crippen LogP) is 2.08. The van der Waals surface area contributed by atoms with Gasteiger partial charge in [-0.15, -0.1) is 0 Å². The molecule has 29 heavy (non-hydrogen) atoms. The van der Waals surface area contributed by atoms with Gasteiger partial charge in [-0.1, -0.05) is 35.6 Å². The number of morpholine rings is 1. The summed E-state index contributed by atoms with van der Waals surface area (Å²) in [4.78, 5) is 15.8. The van der Waals surface area contributed by atoms with Gasteiger partial charge in [0.05, 0.1) is 19.0 Å². The van der Waals surface area contributed by atoms with Crippen molar-refractivity contribution in [3.63, 3.8) is 0 Å². The lowest BCUT2D eigenvalue weighted by Gasteiger charge is -2.26. The smallest absolute Gasteiger partial charge is 0.372 e. The minimum Gasteiger partial charge on any atom is -0.379 e. The molecule has 1 fully saturated rings. The Kier molecular flexibility index (Phi) is 5.50. The second-order valence-electron chi connectivity index (χ2n) is 6.49. The van der Waals surface area contributed by atoms with Crippen LogP contribution in [-0.4, -0.2) is 53.3 Å². The summed E-state index contributed by atoms with van der Waals surface area (Å²) >= 11 is 1.30. The van der Waals surface area contributed by atoms with E-state index in [2.05, 4.69) is 10.3 Å². The summed E-state index contributed by atoms with van der Waals surface area (Å²) < 4.78 is 33.6. The van der Waals surface area contributed by atoms with Crippen LogP contribution in [0.4, 0.5) is 11.6 Å². The topological polar surface area (TPSA) is 119 Å². The second-order valence-corrected chi connectivity index (χ2v) is 9.33. The van der Waals surface area contributed by atoms with Crippen LogP contribution in [0.25, 0.3) is 4.96 Å². The van der Waals surface area contributed by atoms with E-state index < -0.39 is 14.9 Å². The lowest BCUT2D eigenvalue weighted by molar-refractivity contribution is -0.389. The Morgan fingerprint density at radius 3 is 2.69 bits per heavy atom. The number of rotatable bonds is 7. The number of hydrogen-bond acceptors (Lipinski definition) is 8. The van der Waals surface area contributed by atoms with E-state index >= 15 is 0 Å². The van der Waals surface area contributed by atoms with Gasteiger partial charge in [0.1, 0.15) is 6.20 Å². The molecule has 154 valence electrons. The van der Waals surface area contributed by atoms with Crippen molar-refractivity contribution in [3.05, 3.63) is 57.1 Å². The number of fused-ring (bicyclic) bond motifs is 1. The van der Waals surface area contributed by atoms with Crippen LogP contribution in [0.2, 0.25) is 0 Å². The normalized spacial score (nSPS) is 15.6. The standard InChI is InChI=1S/C17H19N5O5S2/c23-22(24)16-15(19-17-21(16)7-10-28-17)18-11-13-3-1-2-4-14(13)12-29(25,26)20-5-8-27-9-6-20/h1-4,7,10,18H,5-6,8-9,11-12H2. The first-order chi connectivity index (χ1) is 14.0. The monoisotopic (exact) mass is 437 g/mol. The van der Waals surface area contributed by atoms with Crippen molar-refractivity contribution >= 4 is 38.0 Å². The molecule has 0 aliphatic carbocycles. The molecule has 3 aromatic rings. The number of nitro groups is 1. The summed E-state index contributed by atoms with van der Waals surface area (Å²) in [5.74, 6) is -0.113. The molecule has 1 aromatic carbocycles. The van der Waals surface area contributed by atoms with Crippen molar-refractivity contribution in [2.45, 2.75) is 12.3 Å².